The molecule has 3 heterocycles. The van der Waals surface area contributed by atoms with Gasteiger partial charge in [0, 0.05) is 19.3 Å². The number of hydrogen-bond donors (Lipinski definition) is 0. The largest absolute Gasteiger partial charge is 0.354 e. The topological polar surface area (TPSA) is 63.2 Å². The predicted octanol–water partition coefficient (Wildman–Crippen LogP) is 1.31. The summed E-state index contributed by atoms with van der Waals surface area (Å²) in [7, 11) is -2.97. The molecular formula is C11H13N3O2S2. The Hall–Kier alpha value is -1.21. The third-order valence-corrected chi connectivity index (χ3v) is 5.77. The maximum atomic E-state index is 11.6. The molecule has 1 aliphatic heterocycles. The number of anilines is 1. The van der Waals surface area contributed by atoms with Gasteiger partial charge in [0.05, 0.1) is 15.5 Å². The van der Waals surface area contributed by atoms with Crippen molar-refractivity contribution in [3.05, 3.63) is 17.8 Å². The Morgan fingerprint density at radius 1 is 1.44 bits per heavy atom. The van der Waals surface area contributed by atoms with Gasteiger partial charge in [-0.05, 0) is 17.9 Å². The summed E-state index contributed by atoms with van der Waals surface area (Å²) in [5.74, 6) is 0.862. The van der Waals surface area contributed by atoms with E-state index in [-0.39, 0.29) is 5.25 Å². The minimum atomic E-state index is -2.97. The van der Waals surface area contributed by atoms with E-state index in [2.05, 4.69) is 9.97 Å². The first kappa shape index (κ1) is 11.9. The summed E-state index contributed by atoms with van der Waals surface area (Å²) in [4.78, 5) is 10.6. The first-order valence-electron chi connectivity index (χ1n) is 5.68. The van der Waals surface area contributed by atoms with Crippen molar-refractivity contribution in [2.45, 2.75) is 11.7 Å². The van der Waals surface area contributed by atoms with Crippen molar-refractivity contribution < 1.29 is 8.42 Å². The van der Waals surface area contributed by atoms with Crippen LogP contribution in [-0.2, 0) is 9.84 Å². The number of sulfone groups is 1. The molecule has 2 aromatic rings. The lowest BCUT2D eigenvalue weighted by Gasteiger charge is -2.17. The highest BCUT2D eigenvalue weighted by Gasteiger charge is 2.31. The summed E-state index contributed by atoms with van der Waals surface area (Å²) in [6.07, 6.45) is 3.52. The Balaban J connectivity index is 1.95. The zero-order valence-corrected chi connectivity index (χ0v) is 11.5. The molecule has 1 atom stereocenters. The molecule has 0 bridgehead atoms. The van der Waals surface area contributed by atoms with Crippen LogP contribution in [0, 0.1) is 0 Å². The highest BCUT2D eigenvalue weighted by molar-refractivity contribution is 7.91. The fourth-order valence-corrected chi connectivity index (χ4v) is 4.12. The average molecular weight is 283 g/mol. The number of fused-ring (bicyclic) bond motifs is 1. The maximum absolute atomic E-state index is 11.6. The van der Waals surface area contributed by atoms with E-state index in [9.17, 15) is 8.42 Å². The summed E-state index contributed by atoms with van der Waals surface area (Å²) in [6.45, 7) is 1.27. The Morgan fingerprint density at radius 2 is 2.28 bits per heavy atom. The zero-order valence-electron chi connectivity index (χ0n) is 9.91. The van der Waals surface area contributed by atoms with Crippen molar-refractivity contribution in [1.29, 1.82) is 0 Å². The molecule has 0 N–H and O–H groups in total. The Labute approximate surface area is 109 Å². The Bertz CT molecular complexity index is 680. The van der Waals surface area contributed by atoms with Gasteiger partial charge >= 0.3 is 0 Å². The van der Waals surface area contributed by atoms with Crippen molar-refractivity contribution >= 4 is 37.2 Å². The van der Waals surface area contributed by atoms with Gasteiger partial charge in [0.25, 0.3) is 0 Å². The van der Waals surface area contributed by atoms with Crippen molar-refractivity contribution in [2.24, 2.45) is 0 Å². The average Bonchev–Trinajstić information content (AvgIpc) is 2.96. The maximum Gasteiger partial charge on any atom is 0.152 e. The van der Waals surface area contributed by atoms with Gasteiger partial charge in [-0.2, -0.15) is 0 Å². The number of hydrogen-bond acceptors (Lipinski definition) is 6. The van der Waals surface area contributed by atoms with Crippen LogP contribution in [0.15, 0.2) is 17.8 Å². The molecule has 0 radical (unpaired) electrons. The lowest BCUT2D eigenvalue weighted by Crippen LogP contribution is -2.26. The van der Waals surface area contributed by atoms with E-state index in [1.165, 1.54) is 12.6 Å². The molecule has 0 saturated carbocycles. The molecule has 5 nitrogen and oxygen atoms in total. The molecule has 0 aromatic carbocycles. The van der Waals surface area contributed by atoms with Gasteiger partial charge < -0.3 is 4.90 Å². The van der Waals surface area contributed by atoms with E-state index in [1.54, 1.807) is 11.3 Å². The van der Waals surface area contributed by atoms with E-state index < -0.39 is 9.84 Å². The lowest BCUT2D eigenvalue weighted by atomic mass is 10.4. The van der Waals surface area contributed by atoms with Gasteiger partial charge in [-0.3, -0.25) is 0 Å². The smallest absolute Gasteiger partial charge is 0.152 e. The SMILES string of the molecule is CS(=O)(=O)C1CCN(c2ncnc3ccsc23)C1. The normalized spacial score (nSPS) is 20.7. The number of aromatic nitrogens is 2. The van der Waals surface area contributed by atoms with Crippen LogP contribution in [0.3, 0.4) is 0 Å². The molecule has 0 amide bonds. The summed E-state index contributed by atoms with van der Waals surface area (Å²) in [5, 5.41) is 1.70. The quantitative estimate of drug-likeness (QED) is 0.831. The third-order valence-electron chi connectivity index (χ3n) is 3.27. The van der Waals surface area contributed by atoms with Crippen molar-refractivity contribution in [2.75, 3.05) is 24.2 Å². The van der Waals surface area contributed by atoms with E-state index in [0.717, 1.165) is 22.6 Å². The van der Waals surface area contributed by atoms with Crippen LogP contribution in [-0.4, -0.2) is 43.0 Å². The van der Waals surface area contributed by atoms with Crippen molar-refractivity contribution in [1.82, 2.24) is 9.97 Å². The highest BCUT2D eigenvalue weighted by atomic mass is 32.2. The third kappa shape index (κ3) is 1.97. The molecule has 0 spiro atoms. The Kier molecular flexibility index (Phi) is 2.74. The fourth-order valence-electron chi connectivity index (χ4n) is 2.27. The summed E-state index contributed by atoms with van der Waals surface area (Å²) in [5.41, 5.74) is 0.924. The highest BCUT2D eigenvalue weighted by Crippen LogP contribution is 2.30. The molecule has 1 unspecified atom stereocenters. The molecule has 18 heavy (non-hydrogen) atoms. The number of thiophene rings is 1. The zero-order chi connectivity index (χ0) is 12.8. The number of nitrogens with zero attached hydrogens (tertiary/aromatic N) is 3. The van der Waals surface area contributed by atoms with Gasteiger partial charge in [-0.25, -0.2) is 18.4 Å². The minimum Gasteiger partial charge on any atom is -0.354 e. The van der Waals surface area contributed by atoms with Crippen LogP contribution in [0.2, 0.25) is 0 Å². The van der Waals surface area contributed by atoms with Crippen LogP contribution in [0.1, 0.15) is 6.42 Å². The molecule has 3 rings (SSSR count). The first-order valence-corrected chi connectivity index (χ1v) is 8.51. The molecular weight excluding hydrogens is 270 g/mol. The molecule has 1 fully saturated rings. The second-order valence-corrected chi connectivity index (χ2v) is 7.76. The molecule has 0 aliphatic carbocycles. The standard InChI is InChI=1S/C11H13N3O2S2/c1-18(15,16)8-2-4-14(6-8)11-10-9(3-5-17-10)12-7-13-11/h3,5,7-8H,2,4,6H2,1H3. The molecule has 1 saturated heterocycles. The van der Waals surface area contributed by atoms with Gasteiger partial charge in [0.2, 0.25) is 0 Å². The van der Waals surface area contributed by atoms with E-state index in [4.69, 9.17) is 0 Å². The Morgan fingerprint density at radius 3 is 3.00 bits per heavy atom. The van der Waals surface area contributed by atoms with Crippen LogP contribution in [0.25, 0.3) is 10.2 Å². The molecule has 1 aliphatic rings. The second-order valence-electron chi connectivity index (χ2n) is 4.52. The summed E-state index contributed by atoms with van der Waals surface area (Å²) >= 11 is 1.59. The summed E-state index contributed by atoms with van der Waals surface area (Å²) in [6, 6.07) is 1.95. The van der Waals surface area contributed by atoms with Gasteiger partial charge in [-0.1, -0.05) is 0 Å². The monoisotopic (exact) mass is 283 g/mol. The molecule has 96 valence electrons. The molecule has 7 heteroatoms. The van der Waals surface area contributed by atoms with E-state index in [0.29, 0.717) is 13.0 Å². The van der Waals surface area contributed by atoms with Crippen LogP contribution in [0.4, 0.5) is 5.82 Å². The van der Waals surface area contributed by atoms with Crippen LogP contribution in [0.5, 0.6) is 0 Å². The first-order chi connectivity index (χ1) is 8.55. The van der Waals surface area contributed by atoms with E-state index in [1.807, 2.05) is 16.3 Å². The predicted molar refractivity (Wildman–Crippen MR) is 72.9 cm³/mol. The van der Waals surface area contributed by atoms with Gasteiger partial charge in [0.1, 0.15) is 12.1 Å². The van der Waals surface area contributed by atoms with Gasteiger partial charge in [0.15, 0.2) is 9.84 Å². The van der Waals surface area contributed by atoms with Crippen LogP contribution >= 0.6 is 11.3 Å². The number of rotatable bonds is 2. The molecule has 2 aromatic heterocycles. The summed E-state index contributed by atoms with van der Waals surface area (Å²) < 4.78 is 24.2. The van der Waals surface area contributed by atoms with Crippen molar-refractivity contribution in [3.8, 4) is 0 Å². The van der Waals surface area contributed by atoms with Gasteiger partial charge in [-0.15, -0.1) is 11.3 Å². The minimum absolute atomic E-state index is 0.275. The van der Waals surface area contributed by atoms with Crippen molar-refractivity contribution in [3.63, 3.8) is 0 Å². The van der Waals surface area contributed by atoms with Crippen LogP contribution < -0.4 is 4.90 Å². The lowest BCUT2D eigenvalue weighted by molar-refractivity contribution is 0.589. The van der Waals surface area contributed by atoms with E-state index >= 15 is 0 Å². The second kappa shape index (κ2) is 4.17. The fraction of sp³-hybridized carbons (Fsp3) is 0.455.